The summed E-state index contributed by atoms with van der Waals surface area (Å²) in [6, 6.07) is 7.67. The van der Waals surface area contributed by atoms with Gasteiger partial charge in [0.25, 0.3) is 0 Å². The first-order valence-electron chi connectivity index (χ1n) is 10.9. The van der Waals surface area contributed by atoms with Gasteiger partial charge in [0.05, 0.1) is 7.11 Å². The molecular weight excluding hydrogens is 412 g/mol. The lowest BCUT2D eigenvalue weighted by Crippen LogP contribution is -2.50. The number of piperazine rings is 2. The number of anilines is 1. The summed E-state index contributed by atoms with van der Waals surface area (Å²) >= 11 is 0. The number of aromatic nitrogens is 2. The second-order valence-electron chi connectivity index (χ2n) is 8.23. The highest BCUT2D eigenvalue weighted by molar-refractivity contribution is 5.86. The van der Waals surface area contributed by atoms with Crippen LogP contribution in [0.5, 0.6) is 0 Å². The zero-order valence-electron chi connectivity index (χ0n) is 18.6. The first-order valence-corrected chi connectivity index (χ1v) is 10.9. The minimum Gasteiger partial charge on any atom is -0.476 e. The number of aryl methyl sites for hydroxylation is 1. The minimum absolute atomic E-state index is 0.129. The zero-order chi connectivity index (χ0) is 22.7. The number of carbonyl (C=O) groups is 2. The predicted octanol–water partition coefficient (Wildman–Crippen LogP) is 1.36. The third kappa shape index (κ3) is 4.93. The van der Waals surface area contributed by atoms with E-state index in [2.05, 4.69) is 40.0 Å². The van der Waals surface area contributed by atoms with Crippen LogP contribution in [0.3, 0.4) is 0 Å². The number of nitrogens with zero attached hydrogens (tertiary/aromatic N) is 6. The molecular formula is C22H30N6O4. The molecule has 2 aromatic rings. The van der Waals surface area contributed by atoms with Crippen molar-refractivity contribution >= 4 is 17.7 Å². The van der Waals surface area contributed by atoms with E-state index in [9.17, 15) is 9.59 Å². The maximum Gasteiger partial charge on any atom is 0.356 e. The summed E-state index contributed by atoms with van der Waals surface area (Å²) in [5.41, 5.74) is 3.68. The molecule has 0 unspecified atom stereocenters. The molecule has 1 aromatic heterocycles. The molecule has 1 aromatic carbocycles. The van der Waals surface area contributed by atoms with Gasteiger partial charge < -0.3 is 19.7 Å². The second-order valence-corrected chi connectivity index (χ2v) is 8.23. The highest BCUT2D eigenvalue weighted by atomic mass is 16.7. The van der Waals surface area contributed by atoms with E-state index in [1.165, 1.54) is 29.1 Å². The van der Waals surface area contributed by atoms with E-state index in [1.54, 1.807) is 12.0 Å². The molecule has 2 aliphatic rings. The number of amides is 1. The van der Waals surface area contributed by atoms with Crippen molar-refractivity contribution in [1.82, 2.24) is 24.6 Å². The third-order valence-corrected chi connectivity index (χ3v) is 6.12. The van der Waals surface area contributed by atoms with Crippen LogP contribution in [0.15, 0.2) is 30.5 Å². The summed E-state index contributed by atoms with van der Waals surface area (Å²) < 4.78 is 1.11. The topological polar surface area (TPSA) is 94.4 Å². The van der Waals surface area contributed by atoms with Crippen LogP contribution >= 0.6 is 0 Å². The van der Waals surface area contributed by atoms with Gasteiger partial charge in [0, 0.05) is 70.8 Å². The first kappa shape index (κ1) is 22.3. The van der Waals surface area contributed by atoms with Crippen molar-refractivity contribution in [1.29, 1.82) is 0 Å². The molecule has 4 rings (SSSR count). The molecule has 2 saturated heterocycles. The highest BCUT2D eigenvalue weighted by Crippen LogP contribution is 2.25. The van der Waals surface area contributed by atoms with Gasteiger partial charge in [0.15, 0.2) is 5.69 Å². The van der Waals surface area contributed by atoms with E-state index >= 15 is 0 Å². The van der Waals surface area contributed by atoms with Gasteiger partial charge in [-0.2, -0.15) is 14.8 Å². The van der Waals surface area contributed by atoms with Crippen molar-refractivity contribution in [3.05, 3.63) is 47.3 Å². The molecule has 0 bridgehead atoms. The van der Waals surface area contributed by atoms with Crippen LogP contribution in [0, 0.1) is 6.92 Å². The molecule has 2 fully saturated rings. The van der Waals surface area contributed by atoms with Gasteiger partial charge in [-0.15, -0.1) is 0 Å². The summed E-state index contributed by atoms with van der Waals surface area (Å²) in [5.74, 6) is -1.14. The van der Waals surface area contributed by atoms with E-state index in [4.69, 9.17) is 9.94 Å². The second kappa shape index (κ2) is 9.68. The third-order valence-electron chi connectivity index (χ3n) is 6.12. The van der Waals surface area contributed by atoms with E-state index in [-0.39, 0.29) is 11.7 Å². The molecule has 0 atom stereocenters. The highest BCUT2D eigenvalue weighted by Gasteiger charge is 2.25. The van der Waals surface area contributed by atoms with Gasteiger partial charge >= 0.3 is 12.0 Å². The first-order chi connectivity index (χ1) is 15.4. The quantitative estimate of drug-likeness (QED) is 0.742. The Morgan fingerprint density at radius 2 is 1.75 bits per heavy atom. The van der Waals surface area contributed by atoms with E-state index in [1.807, 2.05) is 5.06 Å². The molecule has 10 heteroatoms. The fraction of sp³-hybridized carbons (Fsp3) is 0.500. The number of carboxylic acid groups (broad SMARTS) is 1. The Morgan fingerprint density at radius 1 is 1.03 bits per heavy atom. The van der Waals surface area contributed by atoms with Crippen molar-refractivity contribution in [2.45, 2.75) is 13.5 Å². The van der Waals surface area contributed by atoms with Crippen molar-refractivity contribution in [3.63, 3.8) is 0 Å². The van der Waals surface area contributed by atoms with Crippen LogP contribution in [0.25, 0.3) is 0 Å². The number of hydrogen-bond donors (Lipinski definition) is 1. The summed E-state index contributed by atoms with van der Waals surface area (Å²) in [6.07, 6.45) is 1.40. The van der Waals surface area contributed by atoms with Crippen LogP contribution in [-0.2, 0) is 11.4 Å². The number of hydroxylamine groups is 2. The molecule has 0 aliphatic carbocycles. The average molecular weight is 443 g/mol. The minimum atomic E-state index is -1.14. The SMILES string of the molecule is CON1CCN(c2cc(C)ccc2CN2CCN(C(=O)n3ccc(C(=O)O)n3)CC2)CC1. The number of hydrogen-bond acceptors (Lipinski definition) is 7. The van der Waals surface area contributed by atoms with Gasteiger partial charge in [0.2, 0.25) is 0 Å². The summed E-state index contributed by atoms with van der Waals surface area (Å²) in [7, 11) is 1.72. The normalized spacial score (nSPS) is 18.2. The Kier molecular flexibility index (Phi) is 6.73. The number of aromatic carboxylic acids is 1. The van der Waals surface area contributed by atoms with E-state index in [0.29, 0.717) is 13.1 Å². The monoisotopic (exact) mass is 442 g/mol. The lowest BCUT2D eigenvalue weighted by atomic mass is 10.1. The van der Waals surface area contributed by atoms with Gasteiger partial charge in [-0.05, 0) is 30.2 Å². The summed E-state index contributed by atoms with van der Waals surface area (Å²) in [5, 5.41) is 14.8. The van der Waals surface area contributed by atoms with Crippen molar-refractivity contribution in [3.8, 4) is 0 Å². The van der Waals surface area contributed by atoms with Gasteiger partial charge in [0.1, 0.15) is 0 Å². The van der Waals surface area contributed by atoms with E-state index in [0.717, 1.165) is 50.5 Å². The number of carbonyl (C=O) groups excluding carboxylic acids is 1. The molecule has 2 aliphatic heterocycles. The Bertz CT molecular complexity index is 961. The lowest BCUT2D eigenvalue weighted by Gasteiger charge is -2.38. The summed E-state index contributed by atoms with van der Waals surface area (Å²) in [6.45, 7) is 9.21. The van der Waals surface area contributed by atoms with Gasteiger partial charge in [-0.25, -0.2) is 9.59 Å². The maximum absolute atomic E-state index is 12.6. The Balaban J connectivity index is 1.37. The fourth-order valence-corrected chi connectivity index (χ4v) is 4.24. The Hall–Kier alpha value is -2.95. The number of rotatable bonds is 5. The van der Waals surface area contributed by atoms with Crippen LogP contribution in [0.2, 0.25) is 0 Å². The van der Waals surface area contributed by atoms with Gasteiger partial charge in [-0.3, -0.25) is 4.90 Å². The molecule has 1 amide bonds. The fourth-order valence-electron chi connectivity index (χ4n) is 4.24. The standard InChI is InChI=1S/C22H30N6O4/c1-17-3-4-18(20(15-17)25-11-13-27(32-2)14-12-25)16-24-7-9-26(10-8-24)22(31)28-6-5-19(23-28)21(29)30/h3-6,15H,7-14,16H2,1-2H3,(H,29,30). The predicted molar refractivity (Wildman–Crippen MR) is 119 cm³/mol. The number of carboxylic acids is 1. The molecule has 1 N–H and O–H groups in total. The maximum atomic E-state index is 12.6. The Labute approximate surface area is 187 Å². The molecule has 32 heavy (non-hydrogen) atoms. The van der Waals surface area contributed by atoms with Crippen LogP contribution < -0.4 is 4.90 Å². The molecule has 10 nitrogen and oxygen atoms in total. The largest absolute Gasteiger partial charge is 0.476 e. The molecule has 3 heterocycles. The lowest BCUT2D eigenvalue weighted by molar-refractivity contribution is -0.133. The molecule has 172 valence electrons. The Morgan fingerprint density at radius 3 is 2.38 bits per heavy atom. The van der Waals surface area contributed by atoms with Crippen LogP contribution in [0.4, 0.5) is 10.5 Å². The van der Waals surface area contributed by atoms with Crippen LogP contribution in [-0.4, -0.2) is 101 Å². The molecule has 0 spiro atoms. The van der Waals surface area contributed by atoms with Crippen molar-refractivity contribution in [2.75, 3.05) is 64.4 Å². The number of benzene rings is 1. The van der Waals surface area contributed by atoms with E-state index < -0.39 is 5.97 Å². The summed E-state index contributed by atoms with van der Waals surface area (Å²) in [4.78, 5) is 35.5. The van der Waals surface area contributed by atoms with Crippen molar-refractivity contribution in [2.24, 2.45) is 0 Å². The molecule has 0 radical (unpaired) electrons. The smallest absolute Gasteiger partial charge is 0.356 e. The van der Waals surface area contributed by atoms with Crippen LogP contribution in [0.1, 0.15) is 21.6 Å². The van der Waals surface area contributed by atoms with Gasteiger partial charge in [-0.1, -0.05) is 12.1 Å². The zero-order valence-corrected chi connectivity index (χ0v) is 18.6. The van der Waals surface area contributed by atoms with Crippen molar-refractivity contribution < 1.29 is 19.5 Å². The molecule has 0 saturated carbocycles. The average Bonchev–Trinajstić information content (AvgIpc) is 3.31.